The van der Waals surface area contributed by atoms with E-state index in [1.165, 1.54) is 17.0 Å². The van der Waals surface area contributed by atoms with Gasteiger partial charge in [-0.15, -0.1) is 0 Å². The summed E-state index contributed by atoms with van der Waals surface area (Å²) in [7, 11) is 0. The number of amides is 1. The second kappa shape index (κ2) is 7.31. The summed E-state index contributed by atoms with van der Waals surface area (Å²) in [5.41, 5.74) is 1.56. The highest BCUT2D eigenvalue weighted by Gasteiger charge is 2.41. The molecule has 2 atom stereocenters. The molecule has 1 N–H and O–H groups in total. The van der Waals surface area contributed by atoms with Crippen molar-refractivity contribution in [3.05, 3.63) is 83.9 Å². The first-order valence-electron chi connectivity index (χ1n) is 8.96. The van der Waals surface area contributed by atoms with Crippen molar-refractivity contribution >= 4 is 11.9 Å². The zero-order valence-corrected chi connectivity index (χ0v) is 14.9. The molecule has 0 saturated carbocycles. The third kappa shape index (κ3) is 3.41. The van der Waals surface area contributed by atoms with Crippen LogP contribution in [0, 0.1) is 11.7 Å². The molecule has 2 aromatic carbocycles. The molecule has 0 bridgehead atoms. The van der Waals surface area contributed by atoms with Gasteiger partial charge in [-0.1, -0.05) is 30.3 Å². The third-order valence-electron chi connectivity index (χ3n) is 5.10. The second-order valence-corrected chi connectivity index (χ2v) is 6.84. The summed E-state index contributed by atoms with van der Waals surface area (Å²) in [5.74, 6) is -1.97. The van der Waals surface area contributed by atoms with Gasteiger partial charge in [0.15, 0.2) is 5.76 Å². The van der Waals surface area contributed by atoms with Crippen LogP contribution in [0.25, 0.3) is 11.3 Å². The van der Waals surface area contributed by atoms with Crippen LogP contribution in [0.1, 0.15) is 22.0 Å². The van der Waals surface area contributed by atoms with Gasteiger partial charge in [-0.3, -0.25) is 9.59 Å². The van der Waals surface area contributed by atoms with E-state index in [1.807, 2.05) is 30.3 Å². The fraction of sp³-hybridized carbons (Fsp3) is 0.182. The Balaban J connectivity index is 1.55. The van der Waals surface area contributed by atoms with Crippen molar-refractivity contribution in [2.24, 2.45) is 5.92 Å². The highest BCUT2D eigenvalue weighted by molar-refractivity contribution is 5.93. The second-order valence-electron chi connectivity index (χ2n) is 6.84. The lowest BCUT2D eigenvalue weighted by molar-refractivity contribution is -0.141. The molecule has 1 aromatic heterocycles. The first-order chi connectivity index (χ1) is 13.5. The van der Waals surface area contributed by atoms with E-state index in [4.69, 9.17) is 4.42 Å². The summed E-state index contributed by atoms with van der Waals surface area (Å²) in [6.45, 7) is 0.437. The predicted octanol–water partition coefficient (Wildman–Crippen LogP) is 4.03. The lowest BCUT2D eigenvalue weighted by Crippen LogP contribution is -2.29. The van der Waals surface area contributed by atoms with Crippen molar-refractivity contribution in [1.29, 1.82) is 0 Å². The standard InChI is InChI=1S/C22H18FNO4/c23-16-8-6-15(7-9-16)19-10-11-20(28-19)21(25)24-12-17(18(13-24)22(26)27)14-4-2-1-3-5-14/h1-11,17-18H,12-13H2,(H,26,27)/t17-,18+/m0/s1. The van der Waals surface area contributed by atoms with Gasteiger partial charge in [0.2, 0.25) is 0 Å². The molecule has 3 aromatic rings. The Morgan fingerprint density at radius 2 is 1.68 bits per heavy atom. The maximum Gasteiger partial charge on any atom is 0.308 e. The van der Waals surface area contributed by atoms with Gasteiger partial charge in [-0.25, -0.2) is 4.39 Å². The van der Waals surface area contributed by atoms with Crippen molar-refractivity contribution in [1.82, 2.24) is 4.90 Å². The van der Waals surface area contributed by atoms with Gasteiger partial charge in [0, 0.05) is 24.6 Å². The molecule has 1 aliphatic rings. The summed E-state index contributed by atoms with van der Waals surface area (Å²) in [5, 5.41) is 9.60. The van der Waals surface area contributed by atoms with Crippen molar-refractivity contribution in [2.75, 3.05) is 13.1 Å². The van der Waals surface area contributed by atoms with Gasteiger partial charge in [0.25, 0.3) is 5.91 Å². The third-order valence-corrected chi connectivity index (χ3v) is 5.10. The minimum absolute atomic E-state index is 0.125. The Labute approximate surface area is 161 Å². The number of aliphatic carboxylic acids is 1. The first-order valence-corrected chi connectivity index (χ1v) is 8.96. The van der Waals surface area contributed by atoms with Gasteiger partial charge >= 0.3 is 5.97 Å². The zero-order valence-electron chi connectivity index (χ0n) is 14.9. The van der Waals surface area contributed by atoms with Gasteiger partial charge in [-0.05, 0) is 42.0 Å². The van der Waals surface area contributed by atoms with E-state index in [1.54, 1.807) is 24.3 Å². The smallest absolute Gasteiger partial charge is 0.308 e. The first kappa shape index (κ1) is 18.0. The van der Waals surface area contributed by atoms with Crippen LogP contribution in [0.15, 0.2) is 71.1 Å². The summed E-state index contributed by atoms with van der Waals surface area (Å²) in [6, 6.07) is 18.4. The molecule has 2 heterocycles. The molecular weight excluding hydrogens is 361 g/mol. The van der Waals surface area contributed by atoms with Crippen LogP contribution in [0.5, 0.6) is 0 Å². The lowest BCUT2D eigenvalue weighted by atomic mass is 9.89. The van der Waals surface area contributed by atoms with Crippen LogP contribution < -0.4 is 0 Å². The topological polar surface area (TPSA) is 70.8 Å². The molecule has 28 heavy (non-hydrogen) atoms. The van der Waals surface area contributed by atoms with E-state index < -0.39 is 11.9 Å². The number of nitrogens with zero attached hydrogens (tertiary/aromatic N) is 1. The summed E-state index contributed by atoms with van der Waals surface area (Å²) >= 11 is 0. The number of furan rings is 1. The largest absolute Gasteiger partial charge is 0.481 e. The van der Waals surface area contributed by atoms with Crippen LogP contribution in [-0.2, 0) is 4.79 Å². The van der Waals surface area contributed by atoms with Crippen molar-refractivity contribution < 1.29 is 23.5 Å². The highest BCUT2D eigenvalue weighted by atomic mass is 19.1. The van der Waals surface area contributed by atoms with E-state index in [-0.39, 0.29) is 29.9 Å². The maximum absolute atomic E-state index is 13.1. The van der Waals surface area contributed by atoms with Crippen LogP contribution in [0.4, 0.5) is 4.39 Å². The normalized spacial score (nSPS) is 19.0. The van der Waals surface area contributed by atoms with Crippen LogP contribution in [-0.4, -0.2) is 35.0 Å². The number of carbonyl (C=O) groups excluding carboxylic acids is 1. The number of carbonyl (C=O) groups is 2. The van der Waals surface area contributed by atoms with Gasteiger partial charge in [0.1, 0.15) is 11.6 Å². The maximum atomic E-state index is 13.1. The Hall–Kier alpha value is -3.41. The van der Waals surface area contributed by atoms with Gasteiger partial charge in [-0.2, -0.15) is 0 Å². The average molecular weight is 379 g/mol. The SMILES string of the molecule is O=C(O)[C@@H]1CN(C(=O)c2ccc(-c3ccc(F)cc3)o2)C[C@H]1c1ccccc1. The van der Waals surface area contributed by atoms with E-state index >= 15 is 0 Å². The summed E-state index contributed by atoms with van der Waals surface area (Å²) < 4.78 is 18.7. The van der Waals surface area contributed by atoms with Crippen LogP contribution >= 0.6 is 0 Å². The minimum Gasteiger partial charge on any atom is -0.481 e. The number of carboxylic acid groups (broad SMARTS) is 1. The summed E-state index contributed by atoms with van der Waals surface area (Å²) in [6.07, 6.45) is 0. The minimum atomic E-state index is -0.921. The van der Waals surface area contributed by atoms with E-state index in [9.17, 15) is 19.1 Å². The Bertz CT molecular complexity index is 997. The molecule has 1 fully saturated rings. The zero-order chi connectivity index (χ0) is 19.7. The predicted molar refractivity (Wildman–Crippen MR) is 100 cm³/mol. The molecular formula is C22H18FNO4. The van der Waals surface area contributed by atoms with Crippen molar-refractivity contribution in [3.8, 4) is 11.3 Å². The van der Waals surface area contributed by atoms with Crippen LogP contribution in [0.3, 0.4) is 0 Å². The van der Waals surface area contributed by atoms with Crippen molar-refractivity contribution in [3.63, 3.8) is 0 Å². The van der Waals surface area contributed by atoms with E-state index in [0.717, 1.165) is 5.56 Å². The Morgan fingerprint density at radius 1 is 0.964 bits per heavy atom. The van der Waals surface area contributed by atoms with Gasteiger partial charge < -0.3 is 14.4 Å². The van der Waals surface area contributed by atoms with Crippen LogP contribution in [0.2, 0.25) is 0 Å². The van der Waals surface area contributed by atoms with Gasteiger partial charge in [0.05, 0.1) is 5.92 Å². The molecule has 1 aliphatic heterocycles. The number of likely N-dealkylation sites (tertiary alicyclic amines) is 1. The summed E-state index contributed by atoms with van der Waals surface area (Å²) in [4.78, 5) is 26.1. The number of carboxylic acids is 1. The molecule has 5 nitrogen and oxygen atoms in total. The number of rotatable bonds is 4. The molecule has 0 aliphatic carbocycles. The number of hydrogen-bond donors (Lipinski definition) is 1. The molecule has 6 heteroatoms. The molecule has 0 spiro atoms. The molecule has 1 amide bonds. The Morgan fingerprint density at radius 3 is 2.36 bits per heavy atom. The number of benzene rings is 2. The Kier molecular flexibility index (Phi) is 4.69. The molecule has 1 saturated heterocycles. The van der Waals surface area contributed by atoms with Crippen molar-refractivity contribution in [2.45, 2.75) is 5.92 Å². The number of halogens is 1. The van der Waals surface area contributed by atoms with E-state index in [2.05, 4.69) is 0 Å². The molecule has 0 radical (unpaired) electrons. The monoisotopic (exact) mass is 379 g/mol. The highest BCUT2D eigenvalue weighted by Crippen LogP contribution is 2.34. The lowest BCUT2D eigenvalue weighted by Gasteiger charge is -2.15. The average Bonchev–Trinajstić information content (AvgIpc) is 3.37. The fourth-order valence-corrected chi connectivity index (χ4v) is 3.64. The quantitative estimate of drug-likeness (QED) is 0.743. The molecule has 142 valence electrons. The molecule has 0 unspecified atom stereocenters. The van der Waals surface area contributed by atoms with E-state index in [0.29, 0.717) is 17.9 Å². The molecule has 4 rings (SSSR count). The number of hydrogen-bond acceptors (Lipinski definition) is 3. The fourth-order valence-electron chi connectivity index (χ4n) is 3.64.